The van der Waals surface area contributed by atoms with Crippen LogP contribution in [0.15, 0.2) is 97.2 Å². The first-order valence-corrected chi connectivity index (χ1v) is 13.0. The first kappa shape index (κ1) is 26.0. The number of pyridine rings is 1. The lowest BCUT2D eigenvalue weighted by Gasteiger charge is -2.27. The van der Waals surface area contributed by atoms with Crippen LogP contribution in [-0.4, -0.2) is 21.6 Å². The van der Waals surface area contributed by atoms with Gasteiger partial charge in [-0.15, -0.1) is 0 Å². The summed E-state index contributed by atoms with van der Waals surface area (Å²) < 4.78 is 17.7. The SMILES string of the molecule is CC(C)(C)OC(=O)N1C=Cc2cc(-c3ccc(OCc4ccccc4)nc3OCc3ccccc3)ccc2C1. The molecule has 0 atom stereocenters. The van der Waals surface area contributed by atoms with Crippen LogP contribution in [0.5, 0.6) is 11.8 Å². The summed E-state index contributed by atoms with van der Waals surface area (Å²) in [6, 6.07) is 30.0. The fourth-order valence-corrected chi connectivity index (χ4v) is 4.21. The molecule has 198 valence electrons. The van der Waals surface area contributed by atoms with Gasteiger partial charge in [0.25, 0.3) is 0 Å². The minimum atomic E-state index is -0.546. The Morgan fingerprint density at radius 3 is 2.18 bits per heavy atom. The van der Waals surface area contributed by atoms with Gasteiger partial charge in [-0.05, 0) is 66.8 Å². The van der Waals surface area contributed by atoms with Gasteiger partial charge in [0.2, 0.25) is 11.8 Å². The number of carbonyl (C=O) groups is 1. The van der Waals surface area contributed by atoms with E-state index in [1.165, 1.54) is 0 Å². The molecular formula is C33H32N2O4. The standard InChI is InChI=1S/C33H32N2O4/c1-33(2,3)39-32(36)35-19-18-26-20-27(14-15-28(26)21-35)29-16-17-30(37-22-24-10-6-4-7-11-24)34-31(29)38-23-25-12-8-5-9-13-25/h4-20H,21-23H2,1-3H3. The molecule has 6 heteroatoms. The molecule has 6 nitrogen and oxygen atoms in total. The van der Waals surface area contributed by atoms with Crippen LogP contribution >= 0.6 is 0 Å². The van der Waals surface area contributed by atoms with Crippen molar-refractivity contribution in [1.82, 2.24) is 9.88 Å². The van der Waals surface area contributed by atoms with Gasteiger partial charge in [0, 0.05) is 17.8 Å². The van der Waals surface area contributed by atoms with Gasteiger partial charge in [-0.25, -0.2) is 4.79 Å². The zero-order valence-corrected chi connectivity index (χ0v) is 22.5. The molecule has 0 saturated heterocycles. The van der Waals surface area contributed by atoms with Crippen LogP contribution in [0.1, 0.15) is 43.0 Å². The summed E-state index contributed by atoms with van der Waals surface area (Å²) in [6.45, 7) is 6.84. The first-order chi connectivity index (χ1) is 18.8. The van der Waals surface area contributed by atoms with E-state index >= 15 is 0 Å². The van der Waals surface area contributed by atoms with Crippen LogP contribution in [0, 0.1) is 0 Å². The van der Waals surface area contributed by atoms with Gasteiger partial charge >= 0.3 is 6.09 Å². The monoisotopic (exact) mass is 520 g/mol. The van der Waals surface area contributed by atoms with Crippen molar-refractivity contribution in [1.29, 1.82) is 0 Å². The molecule has 0 N–H and O–H groups in total. The third-order valence-corrected chi connectivity index (χ3v) is 6.14. The lowest BCUT2D eigenvalue weighted by Crippen LogP contribution is -2.34. The maximum atomic E-state index is 12.5. The second-order valence-electron chi connectivity index (χ2n) is 10.4. The summed E-state index contributed by atoms with van der Waals surface area (Å²) in [6.07, 6.45) is 3.34. The molecule has 3 aromatic carbocycles. The predicted molar refractivity (Wildman–Crippen MR) is 152 cm³/mol. The van der Waals surface area contributed by atoms with Crippen LogP contribution in [0.2, 0.25) is 0 Å². The summed E-state index contributed by atoms with van der Waals surface area (Å²) in [5, 5.41) is 0. The number of ether oxygens (including phenoxy) is 3. The maximum absolute atomic E-state index is 12.5. The molecule has 2 heterocycles. The summed E-state index contributed by atoms with van der Waals surface area (Å²) >= 11 is 0. The van der Waals surface area contributed by atoms with Crippen LogP contribution in [-0.2, 0) is 24.5 Å². The van der Waals surface area contributed by atoms with E-state index in [1.807, 2.05) is 112 Å². The number of fused-ring (bicyclic) bond motifs is 1. The number of nitrogens with zero attached hydrogens (tertiary/aromatic N) is 2. The Bertz CT molecular complexity index is 1460. The van der Waals surface area contributed by atoms with Crippen molar-refractivity contribution in [3.63, 3.8) is 0 Å². The van der Waals surface area contributed by atoms with Crippen molar-refractivity contribution in [2.45, 2.75) is 46.1 Å². The Morgan fingerprint density at radius 1 is 0.846 bits per heavy atom. The average Bonchev–Trinajstić information content (AvgIpc) is 2.94. The van der Waals surface area contributed by atoms with Crippen molar-refractivity contribution in [2.24, 2.45) is 0 Å². The highest BCUT2D eigenvalue weighted by molar-refractivity contribution is 5.76. The molecular weight excluding hydrogens is 488 g/mol. The summed E-state index contributed by atoms with van der Waals surface area (Å²) in [5.41, 5.74) is 5.47. The zero-order valence-electron chi connectivity index (χ0n) is 22.5. The quantitative estimate of drug-likeness (QED) is 0.251. The summed E-state index contributed by atoms with van der Waals surface area (Å²) in [4.78, 5) is 18.9. The predicted octanol–water partition coefficient (Wildman–Crippen LogP) is 7.63. The Labute approximate surface area is 229 Å². The normalized spacial score (nSPS) is 12.5. The fourth-order valence-electron chi connectivity index (χ4n) is 4.21. The van der Waals surface area contributed by atoms with Gasteiger partial charge in [0.15, 0.2) is 0 Å². The first-order valence-electron chi connectivity index (χ1n) is 13.0. The minimum absolute atomic E-state index is 0.361. The van der Waals surface area contributed by atoms with E-state index in [1.54, 1.807) is 11.1 Å². The van der Waals surface area contributed by atoms with E-state index < -0.39 is 5.60 Å². The Hall–Kier alpha value is -4.58. The van der Waals surface area contributed by atoms with E-state index in [2.05, 4.69) is 6.07 Å². The second kappa shape index (κ2) is 11.4. The van der Waals surface area contributed by atoms with E-state index in [9.17, 15) is 4.79 Å². The van der Waals surface area contributed by atoms with Crippen molar-refractivity contribution >= 4 is 12.2 Å². The highest BCUT2D eigenvalue weighted by Crippen LogP contribution is 2.34. The van der Waals surface area contributed by atoms with Gasteiger partial charge in [-0.1, -0.05) is 72.8 Å². The minimum Gasteiger partial charge on any atom is -0.473 e. The second-order valence-corrected chi connectivity index (χ2v) is 10.4. The number of benzene rings is 3. The van der Waals surface area contributed by atoms with Crippen molar-refractivity contribution in [2.75, 3.05) is 0 Å². The van der Waals surface area contributed by atoms with Crippen LogP contribution in [0.3, 0.4) is 0 Å². The molecule has 0 spiro atoms. The molecule has 39 heavy (non-hydrogen) atoms. The summed E-state index contributed by atoms with van der Waals surface area (Å²) in [7, 11) is 0. The highest BCUT2D eigenvalue weighted by Gasteiger charge is 2.23. The van der Waals surface area contributed by atoms with Gasteiger partial charge in [-0.3, -0.25) is 4.90 Å². The molecule has 0 fully saturated rings. The average molecular weight is 521 g/mol. The van der Waals surface area contributed by atoms with Crippen molar-refractivity contribution in [3.05, 3.63) is 119 Å². The van der Waals surface area contributed by atoms with E-state index in [4.69, 9.17) is 19.2 Å². The Morgan fingerprint density at radius 2 is 1.51 bits per heavy atom. The molecule has 1 aliphatic rings. The van der Waals surface area contributed by atoms with E-state index in [0.717, 1.165) is 33.4 Å². The lowest BCUT2D eigenvalue weighted by atomic mass is 9.98. The van der Waals surface area contributed by atoms with Crippen molar-refractivity contribution < 1.29 is 19.0 Å². The summed E-state index contributed by atoms with van der Waals surface area (Å²) in [5.74, 6) is 0.996. The number of hydrogen-bond donors (Lipinski definition) is 0. The molecule has 0 unspecified atom stereocenters. The molecule has 1 aliphatic heterocycles. The third kappa shape index (κ3) is 6.85. The fraction of sp³-hybridized carbons (Fsp3) is 0.212. The van der Waals surface area contributed by atoms with E-state index in [0.29, 0.717) is 31.5 Å². The van der Waals surface area contributed by atoms with Gasteiger partial charge in [0.05, 0.1) is 6.54 Å². The molecule has 1 amide bonds. The Kier molecular flexibility index (Phi) is 7.64. The topological polar surface area (TPSA) is 60.9 Å². The molecule has 0 saturated carbocycles. The number of amides is 1. The Balaban J connectivity index is 1.39. The molecule has 0 aliphatic carbocycles. The number of rotatable bonds is 7. The molecule has 1 aromatic heterocycles. The van der Waals surface area contributed by atoms with Gasteiger partial charge < -0.3 is 14.2 Å². The number of carbonyl (C=O) groups excluding carboxylic acids is 1. The molecule has 0 bridgehead atoms. The van der Waals surface area contributed by atoms with Crippen LogP contribution < -0.4 is 9.47 Å². The number of hydrogen-bond acceptors (Lipinski definition) is 5. The van der Waals surface area contributed by atoms with Crippen LogP contribution in [0.4, 0.5) is 4.79 Å². The zero-order chi connectivity index (χ0) is 27.2. The third-order valence-electron chi connectivity index (χ3n) is 6.14. The van der Waals surface area contributed by atoms with E-state index in [-0.39, 0.29) is 6.09 Å². The molecule has 0 radical (unpaired) electrons. The largest absolute Gasteiger partial charge is 0.473 e. The van der Waals surface area contributed by atoms with Crippen molar-refractivity contribution in [3.8, 4) is 22.9 Å². The van der Waals surface area contributed by atoms with Gasteiger partial charge in [0.1, 0.15) is 18.8 Å². The molecule has 5 rings (SSSR count). The van der Waals surface area contributed by atoms with Gasteiger partial charge in [-0.2, -0.15) is 4.98 Å². The molecule has 4 aromatic rings. The number of aromatic nitrogens is 1. The van der Waals surface area contributed by atoms with Crippen LogP contribution in [0.25, 0.3) is 17.2 Å². The highest BCUT2D eigenvalue weighted by atomic mass is 16.6. The lowest BCUT2D eigenvalue weighted by molar-refractivity contribution is 0.0322. The maximum Gasteiger partial charge on any atom is 0.414 e. The smallest absolute Gasteiger partial charge is 0.414 e.